The molecule has 1 aromatic rings. The number of rotatable bonds is 4. The van der Waals surface area contributed by atoms with Crippen LogP contribution in [0, 0.1) is 6.92 Å². The Kier molecular flexibility index (Phi) is 4.56. The second-order valence-corrected chi connectivity index (χ2v) is 6.06. The molecule has 1 aliphatic heterocycles. The lowest BCUT2D eigenvalue weighted by molar-refractivity contribution is -0.00439. The molecule has 0 radical (unpaired) electrons. The Morgan fingerprint density at radius 3 is 3.12 bits per heavy atom. The van der Waals surface area contributed by atoms with Crippen LogP contribution in [0.25, 0.3) is 0 Å². The molecule has 17 heavy (non-hydrogen) atoms. The zero-order chi connectivity index (χ0) is 12.3. The van der Waals surface area contributed by atoms with Gasteiger partial charge in [-0.1, -0.05) is 0 Å². The maximum atomic E-state index is 5.47. The third kappa shape index (κ3) is 3.28. The number of hydrogen-bond acceptors (Lipinski definition) is 4. The minimum absolute atomic E-state index is 0.538. The van der Waals surface area contributed by atoms with E-state index in [1.807, 2.05) is 18.4 Å². The fourth-order valence-corrected chi connectivity index (χ4v) is 3.29. The van der Waals surface area contributed by atoms with Gasteiger partial charge in [0.2, 0.25) is 0 Å². The van der Waals surface area contributed by atoms with Gasteiger partial charge in [0.1, 0.15) is 0 Å². The molecule has 3 nitrogen and oxygen atoms in total. The van der Waals surface area contributed by atoms with Gasteiger partial charge in [0.15, 0.2) is 0 Å². The quantitative estimate of drug-likeness (QED) is 0.889. The largest absolute Gasteiger partial charge is 0.379 e. The summed E-state index contributed by atoms with van der Waals surface area (Å²) in [5.74, 6) is 0. The van der Waals surface area contributed by atoms with Crippen molar-refractivity contribution in [1.82, 2.24) is 10.2 Å². The van der Waals surface area contributed by atoms with Crippen LogP contribution in [0.4, 0.5) is 0 Å². The third-order valence-corrected chi connectivity index (χ3v) is 4.39. The highest BCUT2D eigenvalue weighted by molar-refractivity contribution is 7.12. The fraction of sp³-hybridized carbons (Fsp3) is 0.692. The second-order valence-electron chi connectivity index (χ2n) is 4.72. The topological polar surface area (TPSA) is 24.5 Å². The Bertz CT molecular complexity index is 364. The van der Waals surface area contributed by atoms with E-state index in [-0.39, 0.29) is 0 Å². The molecule has 1 saturated heterocycles. The molecule has 1 unspecified atom stereocenters. The molecular formula is C13H22N2OS. The molecule has 0 bridgehead atoms. The standard InChI is InChI=1S/C13H22N2OS/c1-10-9-16-5-4-15(10)8-12-6-13(7-14-3)17-11(12)2/h6,10,14H,4-5,7-9H2,1-3H3. The van der Waals surface area contributed by atoms with E-state index in [4.69, 9.17) is 4.74 Å². The van der Waals surface area contributed by atoms with E-state index in [1.54, 1.807) is 0 Å². The number of aryl methyl sites for hydroxylation is 1. The summed E-state index contributed by atoms with van der Waals surface area (Å²) in [5.41, 5.74) is 1.48. The minimum Gasteiger partial charge on any atom is -0.379 e. The van der Waals surface area contributed by atoms with Crippen molar-refractivity contribution in [3.05, 3.63) is 21.4 Å². The zero-order valence-corrected chi connectivity index (χ0v) is 11.8. The molecular weight excluding hydrogens is 232 g/mol. The number of ether oxygens (including phenoxy) is 1. The molecule has 2 rings (SSSR count). The highest BCUT2D eigenvalue weighted by atomic mass is 32.1. The van der Waals surface area contributed by atoms with Crippen LogP contribution in [0.15, 0.2) is 6.07 Å². The molecule has 0 saturated carbocycles. The first-order valence-electron chi connectivity index (χ1n) is 6.25. The van der Waals surface area contributed by atoms with E-state index in [9.17, 15) is 0 Å². The lowest BCUT2D eigenvalue weighted by Gasteiger charge is -2.33. The van der Waals surface area contributed by atoms with Gasteiger partial charge in [-0.15, -0.1) is 11.3 Å². The maximum Gasteiger partial charge on any atom is 0.0619 e. The number of nitrogens with one attached hydrogen (secondary N) is 1. The summed E-state index contributed by atoms with van der Waals surface area (Å²) in [6, 6.07) is 2.88. The Morgan fingerprint density at radius 2 is 2.41 bits per heavy atom. The first-order chi connectivity index (χ1) is 8.20. The van der Waals surface area contributed by atoms with Crippen LogP contribution in [-0.2, 0) is 17.8 Å². The van der Waals surface area contributed by atoms with Gasteiger partial charge < -0.3 is 10.1 Å². The number of hydrogen-bond donors (Lipinski definition) is 1. The van der Waals surface area contributed by atoms with Crippen molar-refractivity contribution in [2.24, 2.45) is 0 Å². The summed E-state index contributed by atoms with van der Waals surface area (Å²) in [5, 5.41) is 3.21. The van der Waals surface area contributed by atoms with E-state index in [0.717, 1.165) is 32.8 Å². The number of morpholine rings is 1. The highest BCUT2D eigenvalue weighted by Gasteiger charge is 2.20. The van der Waals surface area contributed by atoms with Gasteiger partial charge in [0.05, 0.1) is 13.2 Å². The number of thiophene rings is 1. The zero-order valence-electron chi connectivity index (χ0n) is 11.0. The Labute approximate surface area is 108 Å². The van der Waals surface area contributed by atoms with Crippen molar-refractivity contribution in [3.8, 4) is 0 Å². The Hall–Kier alpha value is -0.420. The predicted octanol–water partition coefficient (Wildman–Crippen LogP) is 2.00. The van der Waals surface area contributed by atoms with Crippen LogP contribution in [0.5, 0.6) is 0 Å². The van der Waals surface area contributed by atoms with E-state index < -0.39 is 0 Å². The summed E-state index contributed by atoms with van der Waals surface area (Å²) in [6.45, 7) is 9.31. The lowest BCUT2D eigenvalue weighted by Crippen LogP contribution is -2.42. The minimum atomic E-state index is 0.538. The lowest BCUT2D eigenvalue weighted by atomic mass is 10.2. The van der Waals surface area contributed by atoms with Crippen LogP contribution in [0.3, 0.4) is 0 Å². The van der Waals surface area contributed by atoms with Gasteiger partial charge in [-0.2, -0.15) is 0 Å². The molecule has 1 fully saturated rings. The monoisotopic (exact) mass is 254 g/mol. The highest BCUT2D eigenvalue weighted by Crippen LogP contribution is 2.24. The van der Waals surface area contributed by atoms with E-state index >= 15 is 0 Å². The van der Waals surface area contributed by atoms with Crippen molar-refractivity contribution < 1.29 is 4.74 Å². The SMILES string of the molecule is CNCc1cc(CN2CCOCC2C)c(C)s1. The van der Waals surface area contributed by atoms with Crippen LogP contribution in [-0.4, -0.2) is 37.7 Å². The van der Waals surface area contributed by atoms with E-state index in [2.05, 4.69) is 30.1 Å². The second kappa shape index (κ2) is 5.96. The molecule has 1 atom stereocenters. The van der Waals surface area contributed by atoms with Crippen molar-refractivity contribution in [2.45, 2.75) is 33.0 Å². The van der Waals surface area contributed by atoms with Crippen LogP contribution < -0.4 is 5.32 Å². The van der Waals surface area contributed by atoms with Gasteiger partial charge >= 0.3 is 0 Å². The normalized spacial score (nSPS) is 21.9. The van der Waals surface area contributed by atoms with Crippen LogP contribution >= 0.6 is 11.3 Å². The smallest absolute Gasteiger partial charge is 0.0619 e. The van der Waals surface area contributed by atoms with E-state index in [0.29, 0.717) is 6.04 Å². The Balaban J connectivity index is 2.01. The first-order valence-corrected chi connectivity index (χ1v) is 7.07. The van der Waals surface area contributed by atoms with Crippen molar-refractivity contribution in [3.63, 3.8) is 0 Å². The average molecular weight is 254 g/mol. The molecule has 1 N–H and O–H groups in total. The first kappa shape index (κ1) is 13.0. The van der Waals surface area contributed by atoms with Crippen LogP contribution in [0.1, 0.15) is 22.2 Å². The molecule has 0 aliphatic carbocycles. The molecule has 96 valence electrons. The van der Waals surface area contributed by atoms with Gasteiger partial charge in [-0.05, 0) is 32.5 Å². The number of nitrogens with zero attached hydrogens (tertiary/aromatic N) is 1. The third-order valence-electron chi connectivity index (χ3n) is 3.30. The van der Waals surface area contributed by atoms with E-state index in [1.165, 1.54) is 15.3 Å². The summed E-state index contributed by atoms with van der Waals surface area (Å²) < 4.78 is 5.47. The maximum absolute atomic E-state index is 5.47. The van der Waals surface area contributed by atoms with Crippen LogP contribution in [0.2, 0.25) is 0 Å². The van der Waals surface area contributed by atoms with Gasteiger partial charge in [-0.3, -0.25) is 4.90 Å². The molecule has 0 aromatic carbocycles. The van der Waals surface area contributed by atoms with Gasteiger partial charge in [0, 0.05) is 35.4 Å². The summed E-state index contributed by atoms with van der Waals surface area (Å²) in [4.78, 5) is 5.40. The predicted molar refractivity (Wildman–Crippen MR) is 72.5 cm³/mol. The molecule has 0 spiro atoms. The molecule has 4 heteroatoms. The molecule has 1 aromatic heterocycles. The Morgan fingerprint density at radius 1 is 1.59 bits per heavy atom. The van der Waals surface area contributed by atoms with Crippen molar-refractivity contribution >= 4 is 11.3 Å². The van der Waals surface area contributed by atoms with Gasteiger partial charge in [-0.25, -0.2) is 0 Å². The fourth-order valence-electron chi connectivity index (χ4n) is 2.22. The molecule has 2 heterocycles. The average Bonchev–Trinajstić information content (AvgIpc) is 2.63. The molecule has 1 aliphatic rings. The van der Waals surface area contributed by atoms with Gasteiger partial charge in [0.25, 0.3) is 0 Å². The summed E-state index contributed by atoms with van der Waals surface area (Å²) in [7, 11) is 2.00. The van der Waals surface area contributed by atoms with Crippen molar-refractivity contribution in [2.75, 3.05) is 26.8 Å². The molecule has 0 amide bonds. The summed E-state index contributed by atoms with van der Waals surface area (Å²) >= 11 is 1.91. The summed E-state index contributed by atoms with van der Waals surface area (Å²) in [6.07, 6.45) is 0. The van der Waals surface area contributed by atoms with Crippen molar-refractivity contribution in [1.29, 1.82) is 0 Å².